The monoisotopic (exact) mass is 327 g/mol. The van der Waals surface area contributed by atoms with Gasteiger partial charge in [0.1, 0.15) is 11.9 Å². The molecule has 0 aliphatic heterocycles. The highest BCUT2D eigenvalue weighted by atomic mass is 79.9. The van der Waals surface area contributed by atoms with Gasteiger partial charge in [0.25, 0.3) is 0 Å². The average molecular weight is 328 g/mol. The zero-order valence-corrected chi connectivity index (χ0v) is 13.2. The van der Waals surface area contributed by atoms with E-state index in [0.29, 0.717) is 6.10 Å². The predicted octanol–water partition coefficient (Wildman–Crippen LogP) is 3.81. The second-order valence-corrected chi connectivity index (χ2v) is 6.09. The summed E-state index contributed by atoms with van der Waals surface area (Å²) >= 11 is 3.55. The van der Waals surface area contributed by atoms with Crippen LogP contribution in [0.4, 0.5) is 0 Å². The highest BCUT2D eigenvalue weighted by molar-refractivity contribution is 9.10. The quantitative estimate of drug-likeness (QED) is 0.914. The average Bonchev–Trinajstić information content (AvgIpc) is 2.38. The Bertz CT molecular complexity index is 423. The van der Waals surface area contributed by atoms with Gasteiger partial charge in [-0.2, -0.15) is 0 Å². The highest BCUT2D eigenvalue weighted by Gasteiger charge is 2.23. The molecule has 3 atom stereocenters. The normalized spacial score (nSPS) is 25.1. The molecule has 106 valence electrons. The fourth-order valence-electron chi connectivity index (χ4n) is 2.57. The fraction of sp³-hybridized carbons (Fsp3) is 0.600. The molecule has 4 heteroatoms. The molecule has 2 N–H and O–H groups in total. The molecule has 1 aromatic carbocycles. The Kier molecular flexibility index (Phi) is 5.25. The molecule has 0 bridgehead atoms. The number of halogens is 1. The molecule has 0 heterocycles. The molecule has 1 aliphatic carbocycles. The van der Waals surface area contributed by atoms with E-state index in [9.17, 15) is 0 Å². The SMILES string of the molecule is COC1CCCC(Oc2ccc(C(C)N)c(Br)c2)C1. The minimum Gasteiger partial charge on any atom is -0.490 e. The van der Waals surface area contributed by atoms with Crippen molar-refractivity contribution in [3.8, 4) is 5.75 Å². The Morgan fingerprint density at radius 1 is 1.32 bits per heavy atom. The van der Waals surface area contributed by atoms with Crippen molar-refractivity contribution < 1.29 is 9.47 Å². The largest absolute Gasteiger partial charge is 0.490 e. The maximum atomic E-state index is 6.05. The molecule has 1 saturated carbocycles. The van der Waals surface area contributed by atoms with Crippen molar-refractivity contribution in [2.45, 2.75) is 50.9 Å². The zero-order valence-electron chi connectivity index (χ0n) is 11.6. The predicted molar refractivity (Wildman–Crippen MR) is 80.4 cm³/mol. The topological polar surface area (TPSA) is 44.5 Å². The molecular formula is C15H22BrNO2. The van der Waals surface area contributed by atoms with Crippen LogP contribution < -0.4 is 10.5 Å². The number of hydrogen-bond donors (Lipinski definition) is 1. The molecule has 1 aliphatic rings. The van der Waals surface area contributed by atoms with Gasteiger partial charge in [-0.1, -0.05) is 22.0 Å². The van der Waals surface area contributed by atoms with Crippen molar-refractivity contribution in [2.24, 2.45) is 5.73 Å². The van der Waals surface area contributed by atoms with E-state index in [4.69, 9.17) is 15.2 Å². The van der Waals surface area contributed by atoms with E-state index in [1.807, 2.05) is 25.1 Å². The minimum atomic E-state index is 0.0241. The first kappa shape index (κ1) is 14.8. The van der Waals surface area contributed by atoms with Gasteiger partial charge in [0.2, 0.25) is 0 Å². The molecular weight excluding hydrogens is 306 g/mol. The fourth-order valence-corrected chi connectivity index (χ4v) is 3.28. The molecule has 1 fully saturated rings. The second-order valence-electron chi connectivity index (χ2n) is 5.24. The number of rotatable bonds is 4. The van der Waals surface area contributed by atoms with Gasteiger partial charge in [0.05, 0.1) is 6.10 Å². The Balaban J connectivity index is 2.01. The summed E-state index contributed by atoms with van der Waals surface area (Å²) in [6, 6.07) is 6.06. The van der Waals surface area contributed by atoms with Crippen molar-refractivity contribution in [1.82, 2.24) is 0 Å². The van der Waals surface area contributed by atoms with Gasteiger partial charge in [-0.3, -0.25) is 0 Å². The molecule has 1 aromatic rings. The van der Waals surface area contributed by atoms with E-state index in [1.165, 1.54) is 6.42 Å². The molecule has 19 heavy (non-hydrogen) atoms. The lowest BCUT2D eigenvalue weighted by Gasteiger charge is -2.28. The lowest BCUT2D eigenvalue weighted by atomic mass is 9.95. The van der Waals surface area contributed by atoms with E-state index in [1.54, 1.807) is 7.11 Å². The third kappa shape index (κ3) is 3.94. The van der Waals surface area contributed by atoms with Crippen LogP contribution in [0.1, 0.15) is 44.2 Å². The van der Waals surface area contributed by atoms with Crippen LogP contribution in [0.25, 0.3) is 0 Å². The first-order valence-electron chi connectivity index (χ1n) is 6.84. The standard InChI is InChI=1S/C15H22BrNO2/c1-10(17)14-7-6-13(9-15(14)16)19-12-5-3-4-11(8-12)18-2/h6-7,9-12H,3-5,8,17H2,1-2H3. The summed E-state index contributed by atoms with van der Waals surface area (Å²) in [6.45, 7) is 1.98. The van der Waals surface area contributed by atoms with Gasteiger partial charge in [-0.05, 0) is 43.9 Å². The van der Waals surface area contributed by atoms with E-state index < -0.39 is 0 Å². The van der Waals surface area contributed by atoms with Gasteiger partial charge in [-0.15, -0.1) is 0 Å². The summed E-state index contributed by atoms with van der Waals surface area (Å²) in [6.07, 6.45) is 4.99. The Morgan fingerprint density at radius 3 is 2.68 bits per heavy atom. The summed E-state index contributed by atoms with van der Waals surface area (Å²) in [5.74, 6) is 0.901. The van der Waals surface area contributed by atoms with E-state index in [0.717, 1.165) is 35.0 Å². The minimum absolute atomic E-state index is 0.0241. The van der Waals surface area contributed by atoms with Crippen LogP contribution in [0, 0.1) is 0 Å². The van der Waals surface area contributed by atoms with Crippen LogP contribution in [0.3, 0.4) is 0 Å². The summed E-state index contributed by atoms with van der Waals surface area (Å²) in [5, 5.41) is 0. The third-order valence-electron chi connectivity index (χ3n) is 3.68. The lowest BCUT2D eigenvalue weighted by Crippen LogP contribution is -2.29. The van der Waals surface area contributed by atoms with Crippen molar-refractivity contribution in [3.05, 3.63) is 28.2 Å². The molecule has 0 radical (unpaired) electrons. The number of benzene rings is 1. The molecule has 3 unspecified atom stereocenters. The molecule has 2 rings (SSSR count). The second kappa shape index (κ2) is 6.73. The molecule has 0 saturated heterocycles. The van der Waals surface area contributed by atoms with Crippen molar-refractivity contribution in [1.29, 1.82) is 0 Å². The molecule has 0 aromatic heterocycles. The van der Waals surface area contributed by atoms with Crippen LogP contribution in [0.2, 0.25) is 0 Å². The smallest absolute Gasteiger partial charge is 0.120 e. The van der Waals surface area contributed by atoms with Crippen molar-refractivity contribution >= 4 is 15.9 Å². The van der Waals surface area contributed by atoms with E-state index >= 15 is 0 Å². The van der Waals surface area contributed by atoms with E-state index in [2.05, 4.69) is 15.9 Å². The summed E-state index contributed by atoms with van der Waals surface area (Å²) in [5.41, 5.74) is 7.00. The van der Waals surface area contributed by atoms with Crippen LogP contribution >= 0.6 is 15.9 Å². The molecule has 3 nitrogen and oxygen atoms in total. The lowest BCUT2D eigenvalue weighted by molar-refractivity contribution is 0.0209. The van der Waals surface area contributed by atoms with Gasteiger partial charge in [-0.25, -0.2) is 0 Å². The maximum absolute atomic E-state index is 6.05. The van der Waals surface area contributed by atoms with E-state index in [-0.39, 0.29) is 12.1 Å². The van der Waals surface area contributed by atoms with Crippen LogP contribution in [-0.4, -0.2) is 19.3 Å². The summed E-state index contributed by atoms with van der Waals surface area (Å²) in [4.78, 5) is 0. The Labute approximate surface area is 123 Å². The number of hydrogen-bond acceptors (Lipinski definition) is 3. The summed E-state index contributed by atoms with van der Waals surface area (Å²) in [7, 11) is 1.78. The zero-order chi connectivity index (χ0) is 13.8. The first-order chi connectivity index (χ1) is 9.10. The number of methoxy groups -OCH3 is 1. The van der Waals surface area contributed by atoms with Gasteiger partial charge in [0.15, 0.2) is 0 Å². The molecule has 0 spiro atoms. The molecule has 0 amide bonds. The maximum Gasteiger partial charge on any atom is 0.120 e. The number of ether oxygens (including phenoxy) is 2. The Hall–Kier alpha value is -0.580. The Morgan fingerprint density at radius 2 is 2.05 bits per heavy atom. The van der Waals surface area contributed by atoms with Crippen LogP contribution in [-0.2, 0) is 4.74 Å². The van der Waals surface area contributed by atoms with Gasteiger partial charge < -0.3 is 15.2 Å². The third-order valence-corrected chi connectivity index (χ3v) is 4.36. The van der Waals surface area contributed by atoms with Crippen molar-refractivity contribution in [2.75, 3.05) is 7.11 Å². The van der Waals surface area contributed by atoms with Crippen LogP contribution in [0.5, 0.6) is 5.75 Å². The highest BCUT2D eigenvalue weighted by Crippen LogP contribution is 2.30. The van der Waals surface area contributed by atoms with Crippen LogP contribution in [0.15, 0.2) is 22.7 Å². The summed E-state index contributed by atoms with van der Waals surface area (Å²) < 4.78 is 12.5. The number of nitrogens with two attached hydrogens (primary N) is 1. The van der Waals surface area contributed by atoms with Gasteiger partial charge >= 0.3 is 0 Å². The van der Waals surface area contributed by atoms with Gasteiger partial charge in [0, 0.05) is 24.0 Å². The van der Waals surface area contributed by atoms with Crippen molar-refractivity contribution in [3.63, 3.8) is 0 Å². The first-order valence-corrected chi connectivity index (χ1v) is 7.64.